The van der Waals surface area contributed by atoms with Crippen LogP contribution in [0.5, 0.6) is 0 Å². The Morgan fingerprint density at radius 2 is 1.73 bits per heavy atom. The second-order valence-electron chi connectivity index (χ2n) is 7.39. The number of H-pyrrole nitrogens is 1. The van der Waals surface area contributed by atoms with E-state index < -0.39 is 0 Å². The van der Waals surface area contributed by atoms with Gasteiger partial charge in [0.15, 0.2) is 0 Å². The lowest BCUT2D eigenvalue weighted by Gasteiger charge is -2.08. The zero-order valence-corrected chi connectivity index (χ0v) is 16.5. The Balaban J connectivity index is 1.52. The third kappa shape index (κ3) is 3.42. The zero-order chi connectivity index (χ0) is 20.5. The van der Waals surface area contributed by atoms with Crippen molar-refractivity contribution in [3.63, 3.8) is 0 Å². The fourth-order valence-corrected chi connectivity index (χ4v) is 3.70. The van der Waals surface area contributed by atoms with Gasteiger partial charge in [-0.25, -0.2) is 0 Å². The van der Waals surface area contributed by atoms with Crippen LogP contribution in [0.4, 0.5) is 0 Å². The molecule has 0 saturated heterocycles. The Bertz CT molecular complexity index is 1400. The maximum atomic E-state index is 12.7. The van der Waals surface area contributed by atoms with Crippen molar-refractivity contribution in [2.75, 3.05) is 0 Å². The molecule has 0 aliphatic carbocycles. The molecule has 3 heterocycles. The van der Waals surface area contributed by atoms with Crippen LogP contribution in [-0.4, -0.2) is 19.7 Å². The third-order valence-electron chi connectivity index (χ3n) is 5.26. The number of pyridine rings is 2. The summed E-state index contributed by atoms with van der Waals surface area (Å²) < 4.78 is 1.72. The molecule has 0 aliphatic heterocycles. The van der Waals surface area contributed by atoms with Gasteiger partial charge in [0.2, 0.25) is 0 Å². The predicted octanol–water partition coefficient (Wildman–Crippen LogP) is 4.81. The molecule has 0 aliphatic rings. The van der Waals surface area contributed by atoms with Gasteiger partial charge < -0.3 is 4.57 Å². The number of rotatable bonds is 4. The molecule has 0 saturated carbocycles. The number of fused-ring (bicyclic) bond motifs is 1. The van der Waals surface area contributed by atoms with Gasteiger partial charge in [0.1, 0.15) is 5.69 Å². The molecule has 146 valence electrons. The lowest BCUT2D eigenvalue weighted by Crippen LogP contribution is -2.19. The van der Waals surface area contributed by atoms with Crippen LogP contribution in [0.25, 0.3) is 33.3 Å². The fraction of sp³-hybridized carbons (Fsp3) is 0.0800. The Labute approximate surface area is 173 Å². The molecule has 30 heavy (non-hydrogen) atoms. The van der Waals surface area contributed by atoms with Crippen molar-refractivity contribution in [2.45, 2.75) is 13.5 Å². The molecular formula is C25H20N4O. The summed E-state index contributed by atoms with van der Waals surface area (Å²) in [6.07, 6.45) is 3.65. The van der Waals surface area contributed by atoms with Crippen molar-refractivity contribution >= 4 is 10.9 Å². The monoisotopic (exact) mass is 392 g/mol. The second-order valence-corrected chi connectivity index (χ2v) is 7.39. The number of aromatic nitrogens is 4. The lowest BCUT2D eigenvalue weighted by molar-refractivity contribution is 0.760. The Hall–Kier alpha value is -3.99. The molecule has 5 aromatic rings. The van der Waals surface area contributed by atoms with E-state index in [2.05, 4.69) is 21.2 Å². The lowest BCUT2D eigenvalue weighted by atomic mass is 10.0. The topological polar surface area (TPSA) is 63.6 Å². The number of hydrogen-bond donors (Lipinski definition) is 1. The van der Waals surface area contributed by atoms with E-state index in [1.807, 2.05) is 73.8 Å². The quantitative estimate of drug-likeness (QED) is 0.477. The largest absolute Gasteiger partial charge is 0.311 e. The van der Waals surface area contributed by atoms with E-state index in [0.717, 1.165) is 44.5 Å². The maximum Gasteiger partial charge on any atom is 0.251 e. The van der Waals surface area contributed by atoms with Crippen LogP contribution in [0.15, 0.2) is 90.0 Å². The maximum absolute atomic E-state index is 12.7. The van der Waals surface area contributed by atoms with Crippen LogP contribution < -0.4 is 5.56 Å². The van der Waals surface area contributed by atoms with E-state index in [-0.39, 0.29) is 5.56 Å². The van der Waals surface area contributed by atoms with Crippen LogP contribution in [-0.2, 0) is 6.54 Å². The van der Waals surface area contributed by atoms with Crippen LogP contribution in [0.1, 0.15) is 11.3 Å². The first-order chi connectivity index (χ1) is 14.7. The fourth-order valence-electron chi connectivity index (χ4n) is 3.70. The van der Waals surface area contributed by atoms with E-state index in [1.165, 1.54) is 0 Å². The molecule has 0 bridgehead atoms. The smallest absolute Gasteiger partial charge is 0.251 e. The average molecular weight is 392 g/mol. The standard InChI is InChI=1S/C25H20N4O/c1-17-13-21(9-11-26-17)25-22-14-19(7-8-23(22)27-28-25)20-10-12-29(24(30)15-20)16-18-5-3-2-4-6-18/h2-15H,16H2,1H3,(H,27,28). The molecule has 0 unspecified atom stereocenters. The van der Waals surface area contributed by atoms with E-state index >= 15 is 0 Å². The summed E-state index contributed by atoms with van der Waals surface area (Å²) in [6.45, 7) is 2.53. The van der Waals surface area contributed by atoms with Gasteiger partial charge in [0, 0.05) is 35.1 Å². The first kappa shape index (κ1) is 18.1. The molecule has 1 N–H and O–H groups in total. The molecule has 5 heteroatoms. The van der Waals surface area contributed by atoms with Gasteiger partial charge in [-0.15, -0.1) is 0 Å². The van der Waals surface area contributed by atoms with Crippen LogP contribution in [0, 0.1) is 6.92 Å². The third-order valence-corrected chi connectivity index (χ3v) is 5.26. The molecule has 5 nitrogen and oxygen atoms in total. The van der Waals surface area contributed by atoms with Crippen molar-refractivity contribution in [2.24, 2.45) is 0 Å². The Morgan fingerprint density at radius 3 is 2.53 bits per heavy atom. The first-order valence-corrected chi connectivity index (χ1v) is 9.83. The highest BCUT2D eigenvalue weighted by atomic mass is 16.1. The SMILES string of the molecule is Cc1cc(-c2n[nH]c3ccc(-c4ccn(Cc5ccccc5)c(=O)c4)cc23)ccn1. The minimum atomic E-state index is -0.0198. The molecule has 3 aromatic heterocycles. The number of benzene rings is 2. The molecule has 5 rings (SSSR count). The van der Waals surface area contributed by atoms with Crippen molar-refractivity contribution < 1.29 is 0 Å². The molecule has 0 spiro atoms. The van der Waals surface area contributed by atoms with Gasteiger partial charge in [-0.1, -0.05) is 36.4 Å². The highest BCUT2D eigenvalue weighted by molar-refractivity contribution is 5.95. The molecular weight excluding hydrogens is 372 g/mol. The van der Waals surface area contributed by atoms with Crippen LogP contribution in [0.3, 0.4) is 0 Å². The van der Waals surface area contributed by atoms with Crippen LogP contribution in [0.2, 0.25) is 0 Å². The van der Waals surface area contributed by atoms with Crippen LogP contribution >= 0.6 is 0 Å². The van der Waals surface area contributed by atoms with Crippen molar-refractivity contribution in [1.29, 1.82) is 0 Å². The minimum Gasteiger partial charge on any atom is -0.311 e. The number of nitrogens with one attached hydrogen (secondary N) is 1. The van der Waals surface area contributed by atoms with Gasteiger partial charge in [0.25, 0.3) is 5.56 Å². The first-order valence-electron chi connectivity index (χ1n) is 9.83. The molecule has 0 radical (unpaired) electrons. The highest BCUT2D eigenvalue weighted by Crippen LogP contribution is 2.30. The summed E-state index contributed by atoms with van der Waals surface area (Å²) >= 11 is 0. The van der Waals surface area contributed by atoms with Crippen molar-refractivity contribution in [3.8, 4) is 22.4 Å². The number of aromatic amines is 1. The number of hydrogen-bond acceptors (Lipinski definition) is 3. The molecule has 0 fully saturated rings. The molecule has 0 amide bonds. The number of nitrogens with zero attached hydrogens (tertiary/aromatic N) is 3. The van der Waals surface area contributed by atoms with Crippen molar-refractivity contribution in [3.05, 3.63) is 107 Å². The minimum absolute atomic E-state index is 0.0198. The predicted molar refractivity (Wildman–Crippen MR) is 119 cm³/mol. The normalized spacial score (nSPS) is 11.1. The second kappa shape index (κ2) is 7.44. The van der Waals surface area contributed by atoms with E-state index in [4.69, 9.17) is 0 Å². The summed E-state index contributed by atoms with van der Waals surface area (Å²) in [4.78, 5) is 17.0. The summed E-state index contributed by atoms with van der Waals surface area (Å²) in [5, 5.41) is 8.62. The van der Waals surface area contributed by atoms with Gasteiger partial charge in [0.05, 0.1) is 12.1 Å². The van der Waals surface area contributed by atoms with Gasteiger partial charge >= 0.3 is 0 Å². The molecule has 2 aromatic carbocycles. The van der Waals surface area contributed by atoms with E-state index in [1.54, 1.807) is 16.8 Å². The molecule has 0 atom stereocenters. The van der Waals surface area contributed by atoms with Gasteiger partial charge in [-0.2, -0.15) is 5.10 Å². The zero-order valence-electron chi connectivity index (χ0n) is 16.5. The Kier molecular flexibility index (Phi) is 4.48. The Morgan fingerprint density at radius 1 is 0.900 bits per heavy atom. The highest BCUT2D eigenvalue weighted by Gasteiger charge is 2.11. The summed E-state index contributed by atoms with van der Waals surface area (Å²) in [5.41, 5.74) is 6.77. The summed E-state index contributed by atoms with van der Waals surface area (Å²) in [5.74, 6) is 0. The van der Waals surface area contributed by atoms with E-state index in [9.17, 15) is 4.79 Å². The van der Waals surface area contributed by atoms with E-state index in [0.29, 0.717) is 6.54 Å². The number of aryl methyl sites for hydroxylation is 1. The average Bonchev–Trinajstić information content (AvgIpc) is 3.19. The summed E-state index contributed by atoms with van der Waals surface area (Å²) in [6, 6.07) is 23.8. The van der Waals surface area contributed by atoms with Gasteiger partial charge in [-0.3, -0.25) is 14.9 Å². The van der Waals surface area contributed by atoms with Crippen molar-refractivity contribution in [1.82, 2.24) is 19.7 Å². The van der Waals surface area contributed by atoms with Gasteiger partial charge in [-0.05, 0) is 53.9 Å². The summed E-state index contributed by atoms with van der Waals surface area (Å²) in [7, 11) is 0.